The van der Waals surface area contributed by atoms with E-state index in [1.54, 1.807) is 0 Å². The Morgan fingerprint density at radius 2 is 1.97 bits per heavy atom. The first-order chi connectivity index (χ1) is 14.4. The molecule has 2 unspecified atom stereocenters. The van der Waals surface area contributed by atoms with Gasteiger partial charge in [0.15, 0.2) is 11.9 Å². The number of rotatable bonds is 3. The maximum absolute atomic E-state index is 14.0. The number of hydrogen-bond acceptors (Lipinski definition) is 4. The van der Waals surface area contributed by atoms with E-state index in [4.69, 9.17) is 0 Å². The number of fused-ring (bicyclic) bond motifs is 1. The van der Waals surface area contributed by atoms with Gasteiger partial charge in [-0.3, -0.25) is 4.79 Å². The highest BCUT2D eigenvalue weighted by Crippen LogP contribution is 2.54. The number of amides is 1. The molecule has 0 radical (unpaired) electrons. The van der Waals surface area contributed by atoms with Crippen LogP contribution in [0, 0.1) is 0 Å². The zero-order valence-electron chi connectivity index (χ0n) is 18.3. The Balaban J connectivity index is 2.08. The fourth-order valence-corrected chi connectivity index (χ4v) is 5.09. The van der Waals surface area contributed by atoms with Crippen molar-refractivity contribution >= 4 is 5.91 Å². The molecule has 2 N–H and O–H groups in total. The molecule has 8 heteroatoms. The first-order valence-electron chi connectivity index (χ1n) is 10.6. The molecule has 0 saturated carbocycles. The van der Waals surface area contributed by atoms with Crippen LogP contribution in [0.15, 0.2) is 57.0 Å². The summed E-state index contributed by atoms with van der Waals surface area (Å²) >= 11 is 0. The number of carbonyl (C=O) groups is 1. The lowest BCUT2D eigenvalue weighted by Gasteiger charge is -2.48. The predicted octanol–water partition coefficient (Wildman–Crippen LogP) is 5.22. The summed E-state index contributed by atoms with van der Waals surface area (Å²) < 4.78 is 42.1. The highest BCUT2D eigenvalue weighted by molar-refractivity contribution is 6.00. The Kier molecular flexibility index (Phi) is 4.83. The van der Waals surface area contributed by atoms with Crippen molar-refractivity contribution in [3.05, 3.63) is 57.9 Å². The molecule has 0 fully saturated rings. The van der Waals surface area contributed by atoms with E-state index in [-0.39, 0.29) is 23.8 Å². The van der Waals surface area contributed by atoms with Crippen molar-refractivity contribution in [2.75, 3.05) is 0 Å². The van der Waals surface area contributed by atoms with Crippen LogP contribution in [-0.4, -0.2) is 23.8 Å². The van der Waals surface area contributed by atoms with Crippen LogP contribution < -0.4 is 10.6 Å². The maximum atomic E-state index is 14.0. The van der Waals surface area contributed by atoms with Crippen LogP contribution >= 0.6 is 0 Å². The summed E-state index contributed by atoms with van der Waals surface area (Å²) in [6, 6.07) is 7.54. The van der Waals surface area contributed by atoms with Gasteiger partial charge < -0.3 is 10.6 Å². The third kappa shape index (κ3) is 3.27. The van der Waals surface area contributed by atoms with Gasteiger partial charge in [0.1, 0.15) is 0 Å². The Morgan fingerprint density at radius 3 is 2.58 bits per heavy atom. The summed E-state index contributed by atoms with van der Waals surface area (Å²) in [5.74, 6) is -0.164. The van der Waals surface area contributed by atoms with Gasteiger partial charge in [-0.25, -0.2) is 0 Å². The zero-order valence-corrected chi connectivity index (χ0v) is 18.3. The third-order valence-electron chi connectivity index (χ3n) is 6.44. The largest absolute Gasteiger partial charge is 0.435 e. The summed E-state index contributed by atoms with van der Waals surface area (Å²) in [4.78, 5) is 13.4. The average Bonchev–Trinajstić information content (AvgIpc) is 3.10. The number of nitrogens with zero attached hydrogens (tertiary/aromatic N) is 2. The lowest BCUT2D eigenvalue weighted by molar-refractivity contribution is -0.120. The SMILES string of the molecule is CCC1(c2cccc(C(C)C)c2)C2=C(CC(C)(C)NC2=O)NC2N=NC(C(F)(F)F)=C21. The number of carbonyl (C=O) groups excluding carboxylic acids is 1. The molecule has 0 aliphatic carbocycles. The zero-order chi connectivity index (χ0) is 22.8. The standard InChI is InChI=1S/C23H27F3N4O/c1-6-22(14-9-7-8-13(10-14)12(2)3)16-15(11-21(4,5)28-20(16)31)27-19-17(22)18(29-30-19)23(24,25)26/h7-10,12,19,27H,6,11H2,1-5H3,(H,28,31). The van der Waals surface area contributed by atoms with Crippen molar-refractivity contribution in [2.24, 2.45) is 10.2 Å². The number of azo groups is 1. The molecule has 5 nitrogen and oxygen atoms in total. The summed E-state index contributed by atoms with van der Waals surface area (Å²) in [5, 5.41) is 13.6. The second-order valence-electron chi connectivity index (χ2n) is 9.43. The molecule has 0 bridgehead atoms. The van der Waals surface area contributed by atoms with Crippen molar-refractivity contribution in [3.63, 3.8) is 0 Å². The molecule has 3 aliphatic heterocycles. The first-order valence-corrected chi connectivity index (χ1v) is 10.6. The van der Waals surface area contributed by atoms with E-state index in [9.17, 15) is 18.0 Å². The van der Waals surface area contributed by atoms with Crippen molar-refractivity contribution in [2.45, 2.75) is 76.7 Å². The first kappa shape index (κ1) is 21.6. The van der Waals surface area contributed by atoms with Gasteiger partial charge in [0.25, 0.3) is 5.91 Å². The van der Waals surface area contributed by atoms with Crippen LogP contribution in [0.25, 0.3) is 0 Å². The van der Waals surface area contributed by atoms with Gasteiger partial charge in [0, 0.05) is 23.2 Å². The molecular weight excluding hydrogens is 405 g/mol. The van der Waals surface area contributed by atoms with E-state index in [0.29, 0.717) is 23.3 Å². The number of alkyl halides is 3. The van der Waals surface area contributed by atoms with Gasteiger partial charge in [-0.05, 0) is 37.3 Å². The average molecular weight is 432 g/mol. The van der Waals surface area contributed by atoms with E-state index in [1.807, 2.05) is 58.9 Å². The summed E-state index contributed by atoms with van der Waals surface area (Å²) in [7, 11) is 0. The Bertz CT molecular complexity index is 1040. The number of benzene rings is 1. The highest BCUT2D eigenvalue weighted by atomic mass is 19.4. The highest BCUT2D eigenvalue weighted by Gasteiger charge is 2.57. The fraction of sp³-hybridized carbons (Fsp3) is 0.522. The summed E-state index contributed by atoms with van der Waals surface area (Å²) in [6.45, 7) is 9.67. The molecule has 2 atom stereocenters. The van der Waals surface area contributed by atoms with E-state index in [2.05, 4.69) is 20.9 Å². The van der Waals surface area contributed by atoms with Gasteiger partial charge in [-0.1, -0.05) is 45.0 Å². The van der Waals surface area contributed by atoms with Crippen LogP contribution in [0.3, 0.4) is 0 Å². The third-order valence-corrected chi connectivity index (χ3v) is 6.44. The number of nitrogens with one attached hydrogen (secondary N) is 2. The van der Waals surface area contributed by atoms with Gasteiger partial charge >= 0.3 is 6.18 Å². The maximum Gasteiger partial charge on any atom is 0.435 e. The Labute approximate surface area is 179 Å². The topological polar surface area (TPSA) is 65.8 Å². The molecule has 0 spiro atoms. The minimum absolute atomic E-state index is 0.0111. The van der Waals surface area contributed by atoms with Crippen LogP contribution in [-0.2, 0) is 10.2 Å². The van der Waals surface area contributed by atoms with Crippen molar-refractivity contribution in [3.8, 4) is 0 Å². The molecule has 0 saturated heterocycles. The van der Waals surface area contributed by atoms with Crippen LogP contribution in [0.1, 0.15) is 64.5 Å². The van der Waals surface area contributed by atoms with Gasteiger partial charge in [0.2, 0.25) is 0 Å². The van der Waals surface area contributed by atoms with E-state index < -0.39 is 29.0 Å². The van der Waals surface area contributed by atoms with Crippen molar-refractivity contribution in [1.82, 2.24) is 10.6 Å². The van der Waals surface area contributed by atoms with Crippen molar-refractivity contribution < 1.29 is 18.0 Å². The summed E-state index contributed by atoms with van der Waals surface area (Å²) in [5.41, 5.74) is -0.142. The van der Waals surface area contributed by atoms with Crippen LogP contribution in [0.5, 0.6) is 0 Å². The lowest BCUT2D eigenvalue weighted by Crippen LogP contribution is -2.58. The summed E-state index contributed by atoms with van der Waals surface area (Å²) in [6.07, 6.45) is -4.87. The molecule has 166 valence electrons. The number of halogens is 3. The van der Waals surface area contributed by atoms with E-state index >= 15 is 0 Å². The molecular formula is C23H27F3N4O. The molecule has 31 heavy (non-hydrogen) atoms. The number of hydrogen-bond donors (Lipinski definition) is 2. The minimum Gasteiger partial charge on any atom is -0.362 e. The smallest absolute Gasteiger partial charge is 0.362 e. The quantitative estimate of drug-likeness (QED) is 0.688. The molecule has 1 aromatic carbocycles. The molecule has 0 aromatic heterocycles. The van der Waals surface area contributed by atoms with Gasteiger partial charge in [0.05, 0.1) is 11.0 Å². The van der Waals surface area contributed by atoms with E-state index in [1.165, 1.54) is 0 Å². The van der Waals surface area contributed by atoms with Crippen LogP contribution in [0.4, 0.5) is 13.2 Å². The fourth-order valence-electron chi connectivity index (χ4n) is 5.09. The molecule has 4 rings (SSSR count). The minimum atomic E-state index is -4.67. The second kappa shape index (κ2) is 6.93. The predicted molar refractivity (Wildman–Crippen MR) is 111 cm³/mol. The molecule has 3 aliphatic rings. The number of allylic oxidation sites excluding steroid dienone is 1. The van der Waals surface area contributed by atoms with E-state index in [0.717, 1.165) is 5.56 Å². The molecule has 1 aromatic rings. The normalized spacial score (nSPS) is 27.3. The molecule has 3 heterocycles. The monoisotopic (exact) mass is 432 g/mol. The Hall–Kier alpha value is -2.64. The second-order valence-corrected chi connectivity index (χ2v) is 9.43. The lowest BCUT2D eigenvalue weighted by atomic mass is 9.61. The van der Waals surface area contributed by atoms with Crippen molar-refractivity contribution in [1.29, 1.82) is 0 Å². The van der Waals surface area contributed by atoms with Crippen LogP contribution in [0.2, 0.25) is 0 Å². The molecule has 1 amide bonds. The Morgan fingerprint density at radius 1 is 1.26 bits per heavy atom. The van der Waals surface area contributed by atoms with Gasteiger partial charge in [-0.2, -0.15) is 18.3 Å². The van der Waals surface area contributed by atoms with Gasteiger partial charge in [-0.15, -0.1) is 5.11 Å².